The van der Waals surface area contributed by atoms with Gasteiger partial charge in [-0.05, 0) is 39.8 Å². The second-order valence-corrected chi connectivity index (χ2v) is 5.81. The molecular weight excluding hydrogens is 236 g/mol. The summed E-state index contributed by atoms with van der Waals surface area (Å²) in [6.45, 7) is 10.5. The van der Waals surface area contributed by atoms with Gasteiger partial charge in [-0.3, -0.25) is 4.98 Å². The molecule has 2 heterocycles. The van der Waals surface area contributed by atoms with Gasteiger partial charge in [0.05, 0.1) is 0 Å². The maximum absolute atomic E-state index is 6.31. The number of nitrogens with zero attached hydrogens (tertiary/aromatic N) is 3. The molecule has 0 aliphatic carbocycles. The average molecular weight is 258 g/mol. The highest BCUT2D eigenvalue weighted by molar-refractivity contribution is 5.70. The van der Waals surface area contributed by atoms with Crippen LogP contribution in [0.25, 0.3) is 11.3 Å². The second-order valence-electron chi connectivity index (χ2n) is 5.81. The zero-order valence-electron chi connectivity index (χ0n) is 12.4. The van der Waals surface area contributed by atoms with Crippen LogP contribution in [0.3, 0.4) is 0 Å². The van der Waals surface area contributed by atoms with Gasteiger partial charge < -0.3 is 10.3 Å². The van der Waals surface area contributed by atoms with Crippen molar-refractivity contribution in [1.82, 2.24) is 14.5 Å². The maximum atomic E-state index is 6.31. The van der Waals surface area contributed by atoms with E-state index in [4.69, 9.17) is 10.7 Å². The molecular formula is C15H22N4. The highest BCUT2D eigenvalue weighted by atomic mass is 15.2. The van der Waals surface area contributed by atoms with Gasteiger partial charge in [-0.2, -0.15) is 0 Å². The lowest BCUT2D eigenvalue weighted by Gasteiger charge is -2.24. The van der Waals surface area contributed by atoms with E-state index in [1.54, 1.807) is 0 Å². The molecule has 4 heteroatoms. The Morgan fingerprint density at radius 1 is 1.26 bits per heavy atom. The lowest BCUT2D eigenvalue weighted by atomic mass is 10.1. The fourth-order valence-electron chi connectivity index (χ4n) is 2.29. The molecule has 0 saturated heterocycles. The van der Waals surface area contributed by atoms with Crippen molar-refractivity contribution >= 4 is 5.82 Å². The van der Waals surface area contributed by atoms with Crippen molar-refractivity contribution in [3.8, 4) is 11.3 Å². The number of aryl methyl sites for hydroxylation is 2. The smallest absolute Gasteiger partial charge is 0.132 e. The predicted octanol–water partition coefficient (Wildman–Crippen LogP) is 3.15. The van der Waals surface area contributed by atoms with Crippen molar-refractivity contribution in [2.24, 2.45) is 0 Å². The van der Waals surface area contributed by atoms with Crippen LogP contribution >= 0.6 is 0 Å². The number of hydrogen-bond acceptors (Lipinski definition) is 3. The number of imidazole rings is 1. The summed E-state index contributed by atoms with van der Waals surface area (Å²) in [5.74, 6) is 1.73. The normalized spacial score (nSPS) is 11.8. The van der Waals surface area contributed by atoms with Crippen molar-refractivity contribution in [3.05, 3.63) is 29.8 Å². The molecule has 0 spiro atoms. The molecule has 0 bridgehead atoms. The van der Waals surface area contributed by atoms with Crippen LogP contribution in [0.5, 0.6) is 0 Å². The van der Waals surface area contributed by atoms with Crippen molar-refractivity contribution in [2.45, 2.75) is 46.6 Å². The number of hydrogen-bond donors (Lipinski definition) is 1. The van der Waals surface area contributed by atoms with E-state index in [1.807, 2.05) is 25.3 Å². The summed E-state index contributed by atoms with van der Waals surface area (Å²) < 4.78 is 2.11. The van der Waals surface area contributed by atoms with Crippen LogP contribution in [0.15, 0.2) is 18.3 Å². The first-order valence-corrected chi connectivity index (χ1v) is 6.65. The third-order valence-corrected chi connectivity index (χ3v) is 3.15. The Morgan fingerprint density at radius 3 is 2.37 bits per heavy atom. The molecule has 2 N–H and O–H groups in total. The Morgan fingerprint density at radius 2 is 1.95 bits per heavy atom. The van der Waals surface area contributed by atoms with Gasteiger partial charge in [-0.1, -0.05) is 6.92 Å². The zero-order valence-corrected chi connectivity index (χ0v) is 12.4. The molecule has 19 heavy (non-hydrogen) atoms. The lowest BCUT2D eigenvalue weighted by molar-refractivity contribution is 0.389. The van der Waals surface area contributed by atoms with Gasteiger partial charge in [-0.25, -0.2) is 4.98 Å². The first-order chi connectivity index (χ1) is 8.84. The molecule has 0 fully saturated rings. The minimum Gasteiger partial charge on any atom is -0.383 e. The van der Waals surface area contributed by atoms with E-state index in [1.165, 1.54) is 0 Å². The van der Waals surface area contributed by atoms with E-state index < -0.39 is 0 Å². The topological polar surface area (TPSA) is 56.7 Å². The Bertz CT molecular complexity index is 573. The molecule has 0 atom stereocenters. The number of rotatable bonds is 2. The van der Waals surface area contributed by atoms with Crippen LogP contribution in [0.4, 0.5) is 5.82 Å². The molecule has 2 aromatic rings. The predicted molar refractivity (Wildman–Crippen MR) is 79.0 cm³/mol. The van der Waals surface area contributed by atoms with Crippen LogP contribution in [0.2, 0.25) is 0 Å². The van der Waals surface area contributed by atoms with Gasteiger partial charge >= 0.3 is 0 Å². The molecule has 102 valence electrons. The Kier molecular flexibility index (Phi) is 3.35. The van der Waals surface area contributed by atoms with Gasteiger partial charge in [-0.15, -0.1) is 0 Å². The van der Waals surface area contributed by atoms with E-state index in [0.717, 1.165) is 35.0 Å². The van der Waals surface area contributed by atoms with E-state index >= 15 is 0 Å². The average Bonchev–Trinajstić information content (AvgIpc) is 2.67. The van der Waals surface area contributed by atoms with Gasteiger partial charge in [0, 0.05) is 29.4 Å². The third-order valence-electron chi connectivity index (χ3n) is 3.15. The molecule has 2 aromatic heterocycles. The van der Waals surface area contributed by atoms with Crippen molar-refractivity contribution < 1.29 is 0 Å². The summed E-state index contributed by atoms with van der Waals surface area (Å²) in [7, 11) is 0. The molecule has 0 aliphatic rings. The largest absolute Gasteiger partial charge is 0.383 e. The quantitative estimate of drug-likeness (QED) is 0.900. The summed E-state index contributed by atoms with van der Waals surface area (Å²) in [5.41, 5.74) is 9.04. The summed E-state index contributed by atoms with van der Waals surface area (Å²) in [6.07, 6.45) is 2.70. The van der Waals surface area contributed by atoms with Crippen LogP contribution in [0, 0.1) is 6.92 Å². The molecule has 0 saturated carbocycles. The minimum absolute atomic E-state index is 0.0706. The highest BCUT2D eigenvalue weighted by Gasteiger charge is 2.23. The first-order valence-electron chi connectivity index (χ1n) is 6.65. The first kappa shape index (κ1) is 13.6. The van der Waals surface area contributed by atoms with E-state index in [-0.39, 0.29) is 5.54 Å². The van der Waals surface area contributed by atoms with Gasteiger partial charge in [0.1, 0.15) is 17.3 Å². The number of nitrogen functional groups attached to an aromatic ring is 1. The molecule has 0 aliphatic heterocycles. The number of anilines is 1. The highest BCUT2D eigenvalue weighted by Crippen LogP contribution is 2.31. The van der Waals surface area contributed by atoms with E-state index in [9.17, 15) is 0 Å². The lowest BCUT2D eigenvalue weighted by Crippen LogP contribution is -2.25. The SMILES string of the molecule is CCc1nc(-c2ccc(C)nc2)c(N)n1C(C)(C)C. The zero-order chi connectivity index (χ0) is 14.2. The maximum Gasteiger partial charge on any atom is 0.132 e. The Labute approximate surface area is 114 Å². The molecule has 0 unspecified atom stereocenters. The van der Waals surface area contributed by atoms with E-state index in [0.29, 0.717) is 0 Å². The van der Waals surface area contributed by atoms with Crippen LogP contribution in [-0.4, -0.2) is 14.5 Å². The molecule has 0 radical (unpaired) electrons. The van der Waals surface area contributed by atoms with E-state index in [2.05, 4.69) is 37.2 Å². The molecule has 4 nitrogen and oxygen atoms in total. The Hall–Kier alpha value is -1.84. The summed E-state index contributed by atoms with van der Waals surface area (Å²) in [6, 6.07) is 4.00. The summed E-state index contributed by atoms with van der Waals surface area (Å²) in [5, 5.41) is 0. The molecule has 0 amide bonds. The number of nitrogens with two attached hydrogens (primary N) is 1. The van der Waals surface area contributed by atoms with Crippen LogP contribution in [0.1, 0.15) is 39.2 Å². The fraction of sp³-hybridized carbons (Fsp3) is 0.467. The van der Waals surface area contributed by atoms with Crippen LogP contribution < -0.4 is 5.73 Å². The molecule has 0 aromatic carbocycles. The summed E-state index contributed by atoms with van der Waals surface area (Å²) in [4.78, 5) is 9.01. The summed E-state index contributed by atoms with van der Waals surface area (Å²) >= 11 is 0. The van der Waals surface area contributed by atoms with Gasteiger partial charge in [0.25, 0.3) is 0 Å². The standard InChI is InChI=1S/C15H22N4/c1-6-12-18-13(11-8-7-10(2)17-9-11)14(16)19(12)15(3,4)5/h7-9H,6,16H2,1-5H3. The molecule has 2 rings (SSSR count). The number of pyridine rings is 1. The Balaban J connectivity index is 2.60. The fourth-order valence-corrected chi connectivity index (χ4v) is 2.29. The van der Waals surface area contributed by atoms with Crippen molar-refractivity contribution in [3.63, 3.8) is 0 Å². The van der Waals surface area contributed by atoms with Gasteiger partial charge in [0.15, 0.2) is 0 Å². The minimum atomic E-state index is -0.0706. The number of aromatic nitrogens is 3. The van der Waals surface area contributed by atoms with Crippen LogP contribution in [-0.2, 0) is 12.0 Å². The second kappa shape index (κ2) is 4.68. The third kappa shape index (κ3) is 2.48. The monoisotopic (exact) mass is 258 g/mol. The van der Waals surface area contributed by atoms with Crippen molar-refractivity contribution in [2.75, 3.05) is 5.73 Å². The van der Waals surface area contributed by atoms with Crippen molar-refractivity contribution in [1.29, 1.82) is 0 Å². The van der Waals surface area contributed by atoms with Gasteiger partial charge in [0.2, 0.25) is 0 Å².